The topological polar surface area (TPSA) is 52.1 Å². The maximum atomic E-state index is 13.8. The van der Waals surface area contributed by atoms with Gasteiger partial charge in [0.25, 0.3) is 5.88 Å². The van der Waals surface area contributed by atoms with Gasteiger partial charge in [0, 0.05) is 6.92 Å². The summed E-state index contributed by atoms with van der Waals surface area (Å²) in [6.45, 7) is 2.98. The van der Waals surface area contributed by atoms with Gasteiger partial charge < -0.3 is 4.74 Å². The Labute approximate surface area is 110 Å². The number of ketones is 1. The van der Waals surface area contributed by atoms with Crippen LogP contribution < -0.4 is 4.74 Å². The van der Waals surface area contributed by atoms with Crippen molar-refractivity contribution >= 4 is 5.78 Å². The van der Waals surface area contributed by atoms with E-state index >= 15 is 0 Å². The van der Waals surface area contributed by atoms with Crippen LogP contribution in [0, 0.1) is 12.7 Å². The third-order valence-corrected chi connectivity index (χ3v) is 2.52. The van der Waals surface area contributed by atoms with E-state index in [4.69, 9.17) is 4.74 Å². The van der Waals surface area contributed by atoms with Crippen molar-refractivity contribution in [3.63, 3.8) is 0 Å². The van der Waals surface area contributed by atoms with Crippen LogP contribution >= 0.6 is 0 Å². The monoisotopic (exact) mass is 260 g/mol. The molecular formula is C14H13FN2O2. The highest BCUT2D eigenvalue weighted by Crippen LogP contribution is 2.18. The third kappa shape index (κ3) is 3.13. The number of nitrogens with zero attached hydrogens (tertiary/aromatic N) is 2. The molecule has 0 saturated heterocycles. The SMILES string of the molecule is CC(=O)c1nc(C)c(F)c(OCc2ccccc2)n1. The lowest BCUT2D eigenvalue weighted by Crippen LogP contribution is -2.09. The summed E-state index contributed by atoms with van der Waals surface area (Å²) >= 11 is 0. The number of carbonyl (C=O) groups excluding carboxylic acids is 1. The molecule has 1 heterocycles. The Balaban J connectivity index is 2.22. The van der Waals surface area contributed by atoms with Crippen molar-refractivity contribution in [2.24, 2.45) is 0 Å². The zero-order chi connectivity index (χ0) is 13.8. The van der Waals surface area contributed by atoms with Crippen molar-refractivity contribution in [2.45, 2.75) is 20.5 Å². The van der Waals surface area contributed by atoms with Crippen molar-refractivity contribution in [1.29, 1.82) is 0 Å². The van der Waals surface area contributed by atoms with Gasteiger partial charge in [0.15, 0.2) is 11.6 Å². The van der Waals surface area contributed by atoms with Crippen LogP contribution in [0.25, 0.3) is 0 Å². The largest absolute Gasteiger partial charge is 0.471 e. The van der Waals surface area contributed by atoms with Gasteiger partial charge in [-0.3, -0.25) is 4.79 Å². The molecule has 0 atom stereocenters. The molecular weight excluding hydrogens is 247 g/mol. The van der Waals surface area contributed by atoms with Crippen LogP contribution in [-0.2, 0) is 6.61 Å². The van der Waals surface area contributed by atoms with Gasteiger partial charge in [-0.2, -0.15) is 9.37 Å². The number of rotatable bonds is 4. The number of hydrogen-bond acceptors (Lipinski definition) is 4. The fourth-order valence-corrected chi connectivity index (χ4v) is 1.51. The first-order valence-electron chi connectivity index (χ1n) is 5.79. The van der Waals surface area contributed by atoms with Gasteiger partial charge in [0.1, 0.15) is 6.61 Å². The Kier molecular flexibility index (Phi) is 3.85. The maximum absolute atomic E-state index is 13.8. The quantitative estimate of drug-likeness (QED) is 0.793. The van der Waals surface area contributed by atoms with E-state index in [1.165, 1.54) is 13.8 Å². The average Bonchev–Trinajstić information content (AvgIpc) is 2.41. The second-order valence-corrected chi connectivity index (χ2v) is 4.08. The Morgan fingerprint density at radius 3 is 2.58 bits per heavy atom. The van der Waals surface area contributed by atoms with Crippen LogP contribution in [0.15, 0.2) is 30.3 Å². The average molecular weight is 260 g/mol. The fourth-order valence-electron chi connectivity index (χ4n) is 1.51. The first-order chi connectivity index (χ1) is 9.08. The Bertz CT molecular complexity index is 600. The predicted octanol–water partition coefficient (Wildman–Crippen LogP) is 2.71. The molecule has 19 heavy (non-hydrogen) atoms. The normalized spacial score (nSPS) is 10.3. The molecule has 0 N–H and O–H groups in total. The van der Waals surface area contributed by atoms with E-state index in [2.05, 4.69) is 9.97 Å². The standard InChI is InChI=1S/C14H13FN2O2/c1-9-12(15)14(17-13(16-9)10(2)18)19-8-11-6-4-3-5-7-11/h3-7H,8H2,1-2H3. The summed E-state index contributed by atoms with van der Waals surface area (Å²) in [7, 11) is 0. The first kappa shape index (κ1) is 13.1. The molecule has 0 aliphatic carbocycles. The summed E-state index contributed by atoms with van der Waals surface area (Å²) in [4.78, 5) is 18.8. The zero-order valence-electron chi connectivity index (χ0n) is 10.7. The van der Waals surface area contributed by atoms with Gasteiger partial charge in [-0.05, 0) is 12.5 Å². The number of hydrogen-bond donors (Lipinski definition) is 0. The highest BCUT2D eigenvalue weighted by atomic mass is 19.1. The zero-order valence-corrected chi connectivity index (χ0v) is 10.7. The number of benzene rings is 1. The number of carbonyl (C=O) groups is 1. The molecule has 4 nitrogen and oxygen atoms in total. The van der Waals surface area contributed by atoms with E-state index in [1.807, 2.05) is 30.3 Å². The second-order valence-electron chi connectivity index (χ2n) is 4.08. The summed E-state index contributed by atoms with van der Waals surface area (Å²) in [5.74, 6) is -1.20. The summed E-state index contributed by atoms with van der Waals surface area (Å²) in [6, 6.07) is 9.32. The number of aromatic nitrogens is 2. The van der Waals surface area contributed by atoms with Crippen molar-refractivity contribution < 1.29 is 13.9 Å². The van der Waals surface area contributed by atoms with Crippen LogP contribution in [0.5, 0.6) is 5.88 Å². The van der Waals surface area contributed by atoms with Crippen molar-refractivity contribution in [3.05, 3.63) is 53.2 Å². The van der Waals surface area contributed by atoms with Crippen LogP contribution in [0.1, 0.15) is 28.8 Å². The van der Waals surface area contributed by atoms with Gasteiger partial charge >= 0.3 is 0 Å². The van der Waals surface area contributed by atoms with Crippen LogP contribution in [0.4, 0.5) is 4.39 Å². The first-order valence-corrected chi connectivity index (χ1v) is 5.79. The molecule has 2 aromatic rings. The van der Waals surface area contributed by atoms with E-state index in [0.29, 0.717) is 0 Å². The van der Waals surface area contributed by atoms with E-state index in [0.717, 1.165) is 5.56 Å². The highest BCUT2D eigenvalue weighted by Gasteiger charge is 2.15. The molecule has 0 fully saturated rings. The van der Waals surface area contributed by atoms with E-state index < -0.39 is 5.82 Å². The summed E-state index contributed by atoms with van der Waals surface area (Å²) in [5.41, 5.74) is 0.991. The molecule has 0 aliphatic heterocycles. The Hall–Kier alpha value is -2.30. The summed E-state index contributed by atoms with van der Waals surface area (Å²) in [5, 5.41) is 0. The van der Waals surface area contributed by atoms with Gasteiger partial charge in [-0.1, -0.05) is 30.3 Å². The molecule has 1 aromatic heterocycles. The van der Waals surface area contributed by atoms with Crippen LogP contribution in [0.3, 0.4) is 0 Å². The molecule has 0 aliphatic rings. The Morgan fingerprint density at radius 1 is 1.26 bits per heavy atom. The van der Waals surface area contributed by atoms with Gasteiger partial charge in [-0.25, -0.2) is 4.98 Å². The lowest BCUT2D eigenvalue weighted by molar-refractivity contribution is 0.100. The molecule has 1 aromatic carbocycles. The number of ether oxygens (including phenoxy) is 1. The fraction of sp³-hybridized carbons (Fsp3) is 0.214. The smallest absolute Gasteiger partial charge is 0.254 e. The minimum Gasteiger partial charge on any atom is -0.471 e. The molecule has 0 amide bonds. The summed E-state index contributed by atoms with van der Waals surface area (Å²) in [6.07, 6.45) is 0. The highest BCUT2D eigenvalue weighted by molar-refractivity contribution is 5.90. The van der Waals surface area contributed by atoms with E-state index in [9.17, 15) is 9.18 Å². The van der Waals surface area contributed by atoms with Crippen LogP contribution in [-0.4, -0.2) is 15.8 Å². The van der Waals surface area contributed by atoms with Crippen LogP contribution in [0.2, 0.25) is 0 Å². The molecule has 0 unspecified atom stereocenters. The molecule has 2 rings (SSSR count). The predicted molar refractivity (Wildman–Crippen MR) is 67.5 cm³/mol. The minimum absolute atomic E-state index is 0.0399. The molecule has 0 radical (unpaired) electrons. The molecule has 98 valence electrons. The van der Waals surface area contributed by atoms with Gasteiger partial charge in [-0.15, -0.1) is 0 Å². The number of aryl methyl sites for hydroxylation is 1. The van der Waals surface area contributed by atoms with Gasteiger partial charge in [0.2, 0.25) is 5.82 Å². The van der Waals surface area contributed by atoms with E-state index in [1.54, 1.807) is 0 Å². The maximum Gasteiger partial charge on any atom is 0.254 e. The van der Waals surface area contributed by atoms with Crippen molar-refractivity contribution in [2.75, 3.05) is 0 Å². The number of halogens is 1. The summed E-state index contributed by atoms with van der Waals surface area (Å²) < 4.78 is 19.1. The lowest BCUT2D eigenvalue weighted by atomic mass is 10.2. The molecule has 0 bridgehead atoms. The third-order valence-electron chi connectivity index (χ3n) is 2.52. The van der Waals surface area contributed by atoms with E-state index in [-0.39, 0.29) is 29.8 Å². The number of Topliss-reactive ketones (excluding diaryl/α,β-unsaturated/α-hetero) is 1. The minimum atomic E-state index is -0.638. The molecule has 0 saturated carbocycles. The van der Waals surface area contributed by atoms with Crippen molar-refractivity contribution in [1.82, 2.24) is 9.97 Å². The Morgan fingerprint density at radius 2 is 1.95 bits per heavy atom. The molecule has 5 heteroatoms. The molecule has 0 spiro atoms. The second kappa shape index (κ2) is 5.56. The van der Waals surface area contributed by atoms with Gasteiger partial charge in [0.05, 0.1) is 5.69 Å². The van der Waals surface area contributed by atoms with Crippen molar-refractivity contribution in [3.8, 4) is 5.88 Å². The lowest BCUT2D eigenvalue weighted by Gasteiger charge is -2.08.